The molecule has 0 atom stereocenters. The van der Waals surface area contributed by atoms with E-state index in [-0.39, 0.29) is 5.91 Å². The Balaban J connectivity index is 1.46. The molecule has 0 aliphatic carbocycles. The summed E-state index contributed by atoms with van der Waals surface area (Å²) in [7, 11) is 0. The second-order valence-electron chi connectivity index (χ2n) is 6.13. The summed E-state index contributed by atoms with van der Waals surface area (Å²) in [5.41, 5.74) is 4.28. The van der Waals surface area contributed by atoms with E-state index >= 15 is 0 Å². The second kappa shape index (κ2) is 7.59. The molecule has 0 saturated carbocycles. The van der Waals surface area contributed by atoms with E-state index in [0.717, 1.165) is 27.7 Å². The Morgan fingerprint density at radius 2 is 1.89 bits per heavy atom. The van der Waals surface area contributed by atoms with E-state index in [1.165, 1.54) is 0 Å². The third-order valence-electron chi connectivity index (χ3n) is 4.17. The van der Waals surface area contributed by atoms with Gasteiger partial charge in [0, 0.05) is 34.5 Å². The van der Waals surface area contributed by atoms with Gasteiger partial charge in [-0.05, 0) is 47.9 Å². The highest BCUT2D eigenvalue weighted by molar-refractivity contribution is 5.95. The van der Waals surface area contributed by atoms with Gasteiger partial charge in [0.1, 0.15) is 5.69 Å². The SMILES string of the molecule is O=C(Cc1c[nH]c2ccccc12)Nc1cccc(C#Cc2ccccn2)c1. The van der Waals surface area contributed by atoms with Crippen molar-refractivity contribution in [2.75, 3.05) is 5.32 Å². The third kappa shape index (κ3) is 4.05. The fourth-order valence-corrected chi connectivity index (χ4v) is 2.90. The maximum atomic E-state index is 12.4. The highest BCUT2D eigenvalue weighted by atomic mass is 16.1. The van der Waals surface area contributed by atoms with Gasteiger partial charge in [-0.2, -0.15) is 0 Å². The van der Waals surface area contributed by atoms with Gasteiger partial charge < -0.3 is 10.3 Å². The van der Waals surface area contributed by atoms with Crippen LogP contribution in [-0.4, -0.2) is 15.9 Å². The molecular formula is C23H17N3O. The van der Waals surface area contributed by atoms with Gasteiger partial charge in [-0.15, -0.1) is 0 Å². The molecule has 2 heterocycles. The van der Waals surface area contributed by atoms with Crippen LogP contribution in [0.3, 0.4) is 0 Å². The average molecular weight is 351 g/mol. The van der Waals surface area contributed by atoms with Gasteiger partial charge in [-0.3, -0.25) is 4.79 Å². The van der Waals surface area contributed by atoms with Crippen LogP contribution in [0.1, 0.15) is 16.8 Å². The van der Waals surface area contributed by atoms with Crippen LogP contribution in [0.2, 0.25) is 0 Å². The molecule has 0 aliphatic heterocycles. The second-order valence-corrected chi connectivity index (χ2v) is 6.13. The number of fused-ring (bicyclic) bond motifs is 1. The summed E-state index contributed by atoms with van der Waals surface area (Å²) in [6, 6.07) is 21.1. The van der Waals surface area contributed by atoms with Crippen LogP contribution in [0.4, 0.5) is 5.69 Å². The fourth-order valence-electron chi connectivity index (χ4n) is 2.90. The van der Waals surface area contributed by atoms with Gasteiger partial charge in [0.2, 0.25) is 5.91 Å². The molecule has 130 valence electrons. The summed E-state index contributed by atoms with van der Waals surface area (Å²) in [6.07, 6.45) is 3.91. The number of anilines is 1. The van der Waals surface area contributed by atoms with Crippen molar-refractivity contribution in [3.63, 3.8) is 0 Å². The highest BCUT2D eigenvalue weighted by Gasteiger charge is 2.09. The van der Waals surface area contributed by atoms with Crippen LogP contribution in [0.5, 0.6) is 0 Å². The zero-order chi connectivity index (χ0) is 18.5. The Hall–Kier alpha value is -3.84. The van der Waals surface area contributed by atoms with Crippen molar-refractivity contribution in [3.8, 4) is 11.8 Å². The number of aromatic nitrogens is 2. The Bertz CT molecular complexity index is 1150. The van der Waals surface area contributed by atoms with Crippen LogP contribution in [0, 0.1) is 11.8 Å². The molecule has 2 aromatic carbocycles. The number of amides is 1. The van der Waals surface area contributed by atoms with Crippen LogP contribution >= 0.6 is 0 Å². The first-order chi connectivity index (χ1) is 13.3. The number of hydrogen-bond acceptors (Lipinski definition) is 2. The molecule has 0 bridgehead atoms. The van der Waals surface area contributed by atoms with E-state index in [0.29, 0.717) is 12.1 Å². The minimum absolute atomic E-state index is 0.0606. The topological polar surface area (TPSA) is 57.8 Å². The van der Waals surface area contributed by atoms with E-state index < -0.39 is 0 Å². The van der Waals surface area contributed by atoms with E-state index in [4.69, 9.17) is 0 Å². The van der Waals surface area contributed by atoms with E-state index in [1.54, 1.807) is 6.20 Å². The van der Waals surface area contributed by atoms with Crippen molar-refractivity contribution < 1.29 is 4.79 Å². The lowest BCUT2D eigenvalue weighted by Gasteiger charge is -2.05. The Morgan fingerprint density at radius 1 is 1.00 bits per heavy atom. The standard InChI is InChI=1S/C23H17N3O/c27-23(15-18-16-25-22-10-2-1-9-21(18)22)26-20-8-5-6-17(14-20)11-12-19-7-3-4-13-24-19/h1-10,13-14,16,25H,15H2,(H,26,27). The minimum Gasteiger partial charge on any atom is -0.361 e. The minimum atomic E-state index is -0.0606. The van der Waals surface area contributed by atoms with Crippen LogP contribution in [0.25, 0.3) is 10.9 Å². The fraction of sp³-hybridized carbons (Fsp3) is 0.0435. The number of carbonyl (C=O) groups excluding carboxylic acids is 1. The molecular weight excluding hydrogens is 334 g/mol. The molecule has 4 aromatic rings. The van der Waals surface area contributed by atoms with Gasteiger partial charge in [-0.25, -0.2) is 4.98 Å². The smallest absolute Gasteiger partial charge is 0.228 e. The largest absolute Gasteiger partial charge is 0.361 e. The normalized spacial score (nSPS) is 10.2. The quantitative estimate of drug-likeness (QED) is 0.545. The number of carbonyl (C=O) groups is 1. The van der Waals surface area contributed by atoms with Crippen molar-refractivity contribution in [1.82, 2.24) is 9.97 Å². The summed E-state index contributed by atoms with van der Waals surface area (Å²) in [4.78, 5) is 19.8. The number of H-pyrrole nitrogens is 1. The lowest BCUT2D eigenvalue weighted by molar-refractivity contribution is -0.115. The molecule has 4 rings (SSSR count). The molecule has 0 saturated heterocycles. The number of benzene rings is 2. The van der Waals surface area contributed by atoms with Crippen LogP contribution in [0.15, 0.2) is 79.1 Å². The molecule has 4 heteroatoms. The first-order valence-electron chi connectivity index (χ1n) is 8.66. The number of aromatic amines is 1. The van der Waals surface area contributed by atoms with Gasteiger partial charge in [0.05, 0.1) is 6.42 Å². The van der Waals surface area contributed by atoms with Gasteiger partial charge in [0.25, 0.3) is 0 Å². The number of pyridine rings is 1. The van der Waals surface area contributed by atoms with E-state index in [9.17, 15) is 4.79 Å². The molecule has 0 aliphatic rings. The maximum Gasteiger partial charge on any atom is 0.228 e. The zero-order valence-electron chi connectivity index (χ0n) is 14.6. The summed E-state index contributed by atoms with van der Waals surface area (Å²) < 4.78 is 0. The molecule has 0 unspecified atom stereocenters. The van der Waals surface area contributed by atoms with E-state index in [2.05, 4.69) is 27.1 Å². The average Bonchev–Trinajstić information content (AvgIpc) is 3.10. The number of hydrogen-bond donors (Lipinski definition) is 2. The van der Waals surface area contributed by atoms with Crippen molar-refractivity contribution in [2.45, 2.75) is 6.42 Å². The summed E-state index contributed by atoms with van der Waals surface area (Å²) in [5.74, 6) is 6.03. The van der Waals surface area contributed by atoms with Crippen molar-refractivity contribution in [3.05, 3.63) is 95.9 Å². The monoisotopic (exact) mass is 351 g/mol. The van der Waals surface area contributed by atoms with Crippen molar-refractivity contribution in [2.24, 2.45) is 0 Å². The molecule has 2 aromatic heterocycles. The molecule has 2 N–H and O–H groups in total. The number of rotatable bonds is 3. The summed E-state index contributed by atoms with van der Waals surface area (Å²) >= 11 is 0. The van der Waals surface area contributed by atoms with Crippen molar-refractivity contribution in [1.29, 1.82) is 0 Å². The molecule has 0 fully saturated rings. The summed E-state index contributed by atoms with van der Waals surface area (Å²) in [5, 5.41) is 4.02. The third-order valence-corrected chi connectivity index (χ3v) is 4.17. The number of para-hydroxylation sites is 1. The Labute approximate surface area is 157 Å². The zero-order valence-corrected chi connectivity index (χ0v) is 14.6. The number of nitrogens with one attached hydrogen (secondary N) is 2. The molecule has 0 radical (unpaired) electrons. The first kappa shape index (κ1) is 16.6. The lowest BCUT2D eigenvalue weighted by atomic mass is 10.1. The summed E-state index contributed by atoms with van der Waals surface area (Å²) in [6.45, 7) is 0. The van der Waals surface area contributed by atoms with Gasteiger partial charge in [-0.1, -0.05) is 36.3 Å². The van der Waals surface area contributed by atoms with Gasteiger partial charge >= 0.3 is 0 Å². The maximum absolute atomic E-state index is 12.4. The predicted molar refractivity (Wildman–Crippen MR) is 107 cm³/mol. The molecule has 1 amide bonds. The van der Waals surface area contributed by atoms with Crippen molar-refractivity contribution >= 4 is 22.5 Å². The first-order valence-corrected chi connectivity index (χ1v) is 8.66. The van der Waals surface area contributed by atoms with Gasteiger partial charge in [0.15, 0.2) is 0 Å². The lowest BCUT2D eigenvalue weighted by Crippen LogP contribution is -2.14. The predicted octanol–water partition coefficient (Wildman–Crippen LogP) is 4.14. The molecule has 0 spiro atoms. The molecule has 27 heavy (non-hydrogen) atoms. The molecule has 4 nitrogen and oxygen atoms in total. The van der Waals surface area contributed by atoms with Crippen LogP contribution in [-0.2, 0) is 11.2 Å². The highest BCUT2D eigenvalue weighted by Crippen LogP contribution is 2.19. The van der Waals surface area contributed by atoms with Crippen LogP contribution < -0.4 is 5.32 Å². The number of nitrogens with zero attached hydrogens (tertiary/aromatic N) is 1. The Morgan fingerprint density at radius 3 is 2.78 bits per heavy atom. The van der Waals surface area contributed by atoms with E-state index in [1.807, 2.05) is 72.9 Å². The Kier molecular flexibility index (Phi) is 4.67.